The molecule has 0 aliphatic carbocycles. The summed E-state index contributed by atoms with van der Waals surface area (Å²) < 4.78 is 10.9. The number of hydrogen-bond donors (Lipinski definition) is 2. The molecule has 5 heteroatoms. The number of carbonyl (C=O) groups is 1. The number of carbonyl (C=O) groups excluding carboxylic acids is 1. The van der Waals surface area contributed by atoms with Gasteiger partial charge in [0.1, 0.15) is 17.5 Å². The van der Waals surface area contributed by atoms with Crippen LogP contribution in [0, 0.1) is 0 Å². The minimum atomic E-state index is -0.391. The molecular weight excluding hydrogens is 304 g/mol. The predicted octanol–water partition coefficient (Wildman–Crippen LogP) is 3.92. The molecule has 0 spiro atoms. The standard InChI is InChI=1S/C19H24N2O3/c1-4-23-16-12-10-15(11-13-16)20-14(3)19(22)21-17-8-6-7-9-18(17)24-5-2/h6-14,20H,4-5H2,1-3H3,(H,21,22). The molecule has 0 saturated carbocycles. The second kappa shape index (κ2) is 8.82. The Morgan fingerprint density at radius 2 is 1.67 bits per heavy atom. The minimum Gasteiger partial charge on any atom is -0.494 e. The molecule has 2 rings (SSSR count). The molecule has 1 amide bonds. The van der Waals surface area contributed by atoms with Crippen LogP contribution in [0.1, 0.15) is 20.8 Å². The first kappa shape index (κ1) is 17.7. The van der Waals surface area contributed by atoms with E-state index in [1.54, 1.807) is 0 Å². The maximum Gasteiger partial charge on any atom is 0.246 e. The van der Waals surface area contributed by atoms with Crippen LogP contribution in [0.2, 0.25) is 0 Å². The summed E-state index contributed by atoms with van der Waals surface area (Å²) in [4.78, 5) is 12.4. The SMILES string of the molecule is CCOc1ccc(NC(C)C(=O)Nc2ccccc2OCC)cc1. The zero-order valence-electron chi connectivity index (χ0n) is 14.3. The van der Waals surface area contributed by atoms with E-state index in [2.05, 4.69) is 10.6 Å². The lowest BCUT2D eigenvalue weighted by Gasteiger charge is -2.17. The Labute approximate surface area is 143 Å². The molecule has 1 unspecified atom stereocenters. The first-order chi connectivity index (χ1) is 11.6. The number of para-hydroxylation sites is 2. The van der Waals surface area contributed by atoms with Crippen molar-refractivity contribution >= 4 is 17.3 Å². The van der Waals surface area contributed by atoms with Gasteiger partial charge in [-0.2, -0.15) is 0 Å². The van der Waals surface area contributed by atoms with Crippen molar-refractivity contribution in [2.45, 2.75) is 26.8 Å². The van der Waals surface area contributed by atoms with E-state index in [9.17, 15) is 4.79 Å². The third kappa shape index (κ3) is 4.91. The lowest BCUT2D eigenvalue weighted by atomic mass is 10.2. The van der Waals surface area contributed by atoms with E-state index < -0.39 is 6.04 Å². The van der Waals surface area contributed by atoms with Crippen LogP contribution in [0.4, 0.5) is 11.4 Å². The lowest BCUT2D eigenvalue weighted by Crippen LogP contribution is -2.32. The minimum absolute atomic E-state index is 0.129. The van der Waals surface area contributed by atoms with Gasteiger partial charge in [0.25, 0.3) is 0 Å². The first-order valence-electron chi connectivity index (χ1n) is 8.16. The average Bonchev–Trinajstić information content (AvgIpc) is 2.59. The lowest BCUT2D eigenvalue weighted by molar-refractivity contribution is -0.116. The molecular formula is C19H24N2O3. The summed E-state index contributed by atoms with van der Waals surface area (Å²) in [6, 6.07) is 14.5. The second-order valence-electron chi connectivity index (χ2n) is 5.24. The zero-order valence-corrected chi connectivity index (χ0v) is 14.3. The van der Waals surface area contributed by atoms with Crippen molar-refractivity contribution in [3.8, 4) is 11.5 Å². The highest BCUT2D eigenvalue weighted by Crippen LogP contribution is 2.24. The molecule has 0 saturated heterocycles. The number of rotatable bonds is 8. The van der Waals surface area contributed by atoms with Crippen molar-refractivity contribution < 1.29 is 14.3 Å². The Morgan fingerprint density at radius 3 is 2.33 bits per heavy atom. The van der Waals surface area contributed by atoms with Crippen molar-refractivity contribution in [2.24, 2.45) is 0 Å². The van der Waals surface area contributed by atoms with E-state index >= 15 is 0 Å². The van der Waals surface area contributed by atoms with E-state index in [4.69, 9.17) is 9.47 Å². The summed E-state index contributed by atoms with van der Waals surface area (Å²) in [6.07, 6.45) is 0. The highest BCUT2D eigenvalue weighted by Gasteiger charge is 2.14. The average molecular weight is 328 g/mol. The van der Waals surface area contributed by atoms with Crippen LogP contribution in [0.25, 0.3) is 0 Å². The Bertz CT molecular complexity index is 656. The van der Waals surface area contributed by atoms with Gasteiger partial charge in [-0.1, -0.05) is 12.1 Å². The van der Waals surface area contributed by atoms with Gasteiger partial charge >= 0.3 is 0 Å². The fourth-order valence-corrected chi connectivity index (χ4v) is 2.22. The quantitative estimate of drug-likeness (QED) is 0.771. The normalized spacial score (nSPS) is 11.5. The Kier molecular flexibility index (Phi) is 6.49. The van der Waals surface area contributed by atoms with E-state index in [-0.39, 0.29) is 5.91 Å². The van der Waals surface area contributed by atoms with Gasteiger partial charge in [0, 0.05) is 5.69 Å². The Hall–Kier alpha value is -2.69. The summed E-state index contributed by atoms with van der Waals surface area (Å²) in [5.41, 5.74) is 1.53. The fourth-order valence-electron chi connectivity index (χ4n) is 2.22. The fraction of sp³-hybridized carbons (Fsp3) is 0.316. The van der Waals surface area contributed by atoms with Crippen molar-refractivity contribution in [3.63, 3.8) is 0 Å². The molecule has 128 valence electrons. The molecule has 2 aromatic carbocycles. The largest absolute Gasteiger partial charge is 0.494 e. The Balaban J connectivity index is 1.97. The van der Waals surface area contributed by atoms with Gasteiger partial charge in [-0.05, 0) is 57.2 Å². The van der Waals surface area contributed by atoms with Gasteiger partial charge in [0.15, 0.2) is 0 Å². The van der Waals surface area contributed by atoms with Crippen LogP contribution < -0.4 is 20.1 Å². The van der Waals surface area contributed by atoms with Gasteiger partial charge in [-0.25, -0.2) is 0 Å². The van der Waals surface area contributed by atoms with Crippen molar-refractivity contribution in [3.05, 3.63) is 48.5 Å². The van der Waals surface area contributed by atoms with Gasteiger partial charge in [0.05, 0.1) is 18.9 Å². The van der Waals surface area contributed by atoms with E-state index in [1.165, 1.54) is 0 Å². The zero-order chi connectivity index (χ0) is 17.4. The maximum atomic E-state index is 12.4. The number of amides is 1. The van der Waals surface area contributed by atoms with Crippen LogP contribution in [0.15, 0.2) is 48.5 Å². The molecule has 24 heavy (non-hydrogen) atoms. The maximum absolute atomic E-state index is 12.4. The van der Waals surface area contributed by atoms with E-state index in [0.717, 1.165) is 11.4 Å². The highest BCUT2D eigenvalue weighted by molar-refractivity contribution is 5.97. The number of hydrogen-bond acceptors (Lipinski definition) is 4. The van der Waals surface area contributed by atoms with Crippen LogP contribution in [0.5, 0.6) is 11.5 Å². The van der Waals surface area contributed by atoms with Crippen LogP contribution in [0.3, 0.4) is 0 Å². The van der Waals surface area contributed by atoms with Gasteiger partial charge in [-0.15, -0.1) is 0 Å². The Morgan fingerprint density at radius 1 is 1.00 bits per heavy atom. The molecule has 0 heterocycles. The monoisotopic (exact) mass is 328 g/mol. The number of ether oxygens (including phenoxy) is 2. The summed E-state index contributed by atoms with van der Waals surface area (Å²) in [5, 5.41) is 6.07. The number of nitrogens with one attached hydrogen (secondary N) is 2. The topological polar surface area (TPSA) is 59.6 Å². The third-order valence-electron chi connectivity index (χ3n) is 3.39. The first-order valence-corrected chi connectivity index (χ1v) is 8.16. The van der Waals surface area contributed by atoms with Crippen LogP contribution >= 0.6 is 0 Å². The number of anilines is 2. The van der Waals surface area contributed by atoms with Crippen molar-refractivity contribution in [1.82, 2.24) is 0 Å². The molecule has 0 aromatic heterocycles. The number of benzene rings is 2. The molecule has 0 aliphatic heterocycles. The summed E-state index contributed by atoms with van der Waals surface area (Å²) in [6.45, 7) is 6.85. The highest BCUT2D eigenvalue weighted by atomic mass is 16.5. The third-order valence-corrected chi connectivity index (χ3v) is 3.39. The molecule has 0 aliphatic rings. The molecule has 0 fully saturated rings. The van der Waals surface area contributed by atoms with E-state index in [0.29, 0.717) is 24.7 Å². The van der Waals surface area contributed by atoms with Gasteiger partial charge in [0.2, 0.25) is 5.91 Å². The summed E-state index contributed by atoms with van der Waals surface area (Å²) in [7, 11) is 0. The van der Waals surface area contributed by atoms with Crippen LogP contribution in [-0.4, -0.2) is 25.2 Å². The molecule has 5 nitrogen and oxygen atoms in total. The smallest absolute Gasteiger partial charge is 0.246 e. The summed E-state index contributed by atoms with van der Waals surface area (Å²) in [5.74, 6) is 1.35. The molecule has 0 bridgehead atoms. The van der Waals surface area contributed by atoms with Gasteiger partial charge < -0.3 is 20.1 Å². The predicted molar refractivity (Wildman–Crippen MR) is 96.9 cm³/mol. The molecule has 0 radical (unpaired) electrons. The van der Waals surface area contributed by atoms with Crippen LogP contribution in [-0.2, 0) is 4.79 Å². The van der Waals surface area contributed by atoms with Crippen molar-refractivity contribution in [1.29, 1.82) is 0 Å². The van der Waals surface area contributed by atoms with Gasteiger partial charge in [-0.3, -0.25) is 4.79 Å². The van der Waals surface area contributed by atoms with Crippen molar-refractivity contribution in [2.75, 3.05) is 23.8 Å². The molecule has 2 N–H and O–H groups in total. The second-order valence-corrected chi connectivity index (χ2v) is 5.24. The molecule has 1 atom stereocenters. The van der Waals surface area contributed by atoms with E-state index in [1.807, 2.05) is 69.3 Å². The molecule has 2 aromatic rings. The summed E-state index contributed by atoms with van der Waals surface area (Å²) >= 11 is 0.